The number of aryl methyl sites for hydroxylation is 1. The number of nitrogens with one attached hydrogen (secondary N) is 2. The van der Waals surface area contributed by atoms with Crippen LogP contribution in [0.25, 0.3) is 16.6 Å². The number of fused-ring (bicyclic) bond motifs is 1. The van der Waals surface area contributed by atoms with Crippen LogP contribution in [0.4, 0.5) is 5.69 Å². The first-order valence-electron chi connectivity index (χ1n) is 14.3. The summed E-state index contributed by atoms with van der Waals surface area (Å²) in [4.78, 5) is 25.2. The molecule has 1 aliphatic heterocycles. The van der Waals surface area contributed by atoms with Crippen LogP contribution < -0.4 is 5.32 Å². The summed E-state index contributed by atoms with van der Waals surface area (Å²) in [5.41, 5.74) is 7.64. The number of aromatic amines is 1. The minimum absolute atomic E-state index is 0.00907. The van der Waals surface area contributed by atoms with E-state index in [4.69, 9.17) is 4.99 Å². The molecule has 1 saturated heterocycles. The molecular formula is C34H36N6O2. The van der Waals surface area contributed by atoms with Gasteiger partial charge in [-0.2, -0.15) is 0 Å². The topological polar surface area (TPSA) is 88.9 Å². The summed E-state index contributed by atoms with van der Waals surface area (Å²) in [6.07, 6.45) is 0. The molecule has 214 valence electrons. The van der Waals surface area contributed by atoms with Crippen molar-refractivity contribution < 1.29 is 9.90 Å². The van der Waals surface area contributed by atoms with Gasteiger partial charge in [-0.05, 0) is 62.5 Å². The fourth-order valence-corrected chi connectivity index (χ4v) is 5.70. The maximum atomic E-state index is 12.2. The lowest BCUT2D eigenvalue weighted by Gasteiger charge is -2.32. The zero-order valence-electron chi connectivity index (χ0n) is 24.3. The van der Waals surface area contributed by atoms with Crippen LogP contribution >= 0.6 is 0 Å². The third kappa shape index (κ3) is 5.46. The van der Waals surface area contributed by atoms with E-state index in [9.17, 15) is 9.90 Å². The Hall–Kier alpha value is -4.66. The second-order valence-corrected chi connectivity index (χ2v) is 10.9. The molecule has 1 aliphatic rings. The summed E-state index contributed by atoms with van der Waals surface area (Å²) in [6.45, 7) is 7.40. The predicted molar refractivity (Wildman–Crippen MR) is 168 cm³/mol. The number of aromatic nitrogens is 2. The highest BCUT2D eigenvalue weighted by atomic mass is 16.3. The average Bonchev–Trinajstić information content (AvgIpc) is 3.54. The number of aromatic hydroxyl groups is 1. The monoisotopic (exact) mass is 560 g/mol. The molecular weight excluding hydrogens is 524 g/mol. The number of H-pyrrole nitrogens is 1. The highest BCUT2D eigenvalue weighted by Crippen LogP contribution is 2.32. The lowest BCUT2D eigenvalue weighted by atomic mass is 10.00. The van der Waals surface area contributed by atoms with E-state index in [1.54, 1.807) is 19.2 Å². The van der Waals surface area contributed by atoms with Crippen molar-refractivity contribution in [3.8, 4) is 11.6 Å². The van der Waals surface area contributed by atoms with Crippen molar-refractivity contribution in [1.82, 2.24) is 24.7 Å². The number of hydrogen-bond acceptors (Lipinski definition) is 5. The van der Waals surface area contributed by atoms with E-state index in [1.165, 1.54) is 11.4 Å². The number of nitrogens with zero attached hydrogens (tertiary/aromatic N) is 4. The number of likely N-dealkylation sites (N-methyl/N-ethyl adjacent to an activating group) is 1. The zero-order chi connectivity index (χ0) is 29.2. The van der Waals surface area contributed by atoms with Gasteiger partial charge in [-0.3, -0.25) is 9.69 Å². The molecule has 3 heterocycles. The maximum Gasteiger partial charge on any atom is 0.251 e. The zero-order valence-corrected chi connectivity index (χ0v) is 24.3. The highest BCUT2D eigenvalue weighted by Gasteiger charge is 2.20. The maximum absolute atomic E-state index is 12.2. The normalized spacial score (nSPS) is 14.9. The smallest absolute Gasteiger partial charge is 0.251 e. The number of amides is 1. The van der Waals surface area contributed by atoms with E-state index >= 15 is 0 Å². The third-order valence-corrected chi connectivity index (χ3v) is 8.04. The summed E-state index contributed by atoms with van der Waals surface area (Å²) < 4.78 is 2.32. The molecule has 0 aliphatic carbocycles. The van der Waals surface area contributed by atoms with Gasteiger partial charge < -0.3 is 24.9 Å². The molecule has 6 rings (SSSR count). The van der Waals surface area contributed by atoms with Gasteiger partial charge in [0.2, 0.25) is 0 Å². The van der Waals surface area contributed by atoms with Crippen molar-refractivity contribution in [3.63, 3.8) is 0 Å². The van der Waals surface area contributed by atoms with E-state index < -0.39 is 0 Å². The van der Waals surface area contributed by atoms with E-state index in [0.717, 1.165) is 55.0 Å². The van der Waals surface area contributed by atoms with E-state index in [1.807, 2.05) is 48.5 Å². The van der Waals surface area contributed by atoms with E-state index in [-0.39, 0.29) is 11.8 Å². The van der Waals surface area contributed by atoms with Gasteiger partial charge in [0.1, 0.15) is 0 Å². The molecule has 8 heteroatoms. The van der Waals surface area contributed by atoms with Crippen LogP contribution in [0.3, 0.4) is 0 Å². The van der Waals surface area contributed by atoms with Crippen LogP contribution in [0.1, 0.15) is 32.9 Å². The quantitative estimate of drug-likeness (QED) is 0.237. The fraction of sp³-hybridized carbons (Fsp3) is 0.235. The molecule has 0 atom stereocenters. The Bertz CT molecular complexity index is 1740. The van der Waals surface area contributed by atoms with Gasteiger partial charge in [0.25, 0.3) is 5.91 Å². The largest absolute Gasteiger partial charge is 0.494 e. The first kappa shape index (κ1) is 27.5. The Kier molecular flexibility index (Phi) is 7.65. The van der Waals surface area contributed by atoms with Crippen molar-refractivity contribution in [1.29, 1.82) is 0 Å². The second kappa shape index (κ2) is 11.7. The van der Waals surface area contributed by atoms with Gasteiger partial charge >= 0.3 is 0 Å². The Labute approximate surface area is 245 Å². The SMILES string of the molecule is CNC(=O)c1ccc2c(C(=Nc3ccc(-n4c(C)ccc4CN4CCN(C)CC4)cc3)c3ccccc3)c(O)[nH]c2c1. The first-order valence-corrected chi connectivity index (χ1v) is 14.3. The number of carbonyl (C=O) groups excluding carboxylic acids is 1. The number of benzene rings is 3. The fourth-order valence-electron chi connectivity index (χ4n) is 5.70. The Morgan fingerprint density at radius 1 is 0.929 bits per heavy atom. The lowest BCUT2D eigenvalue weighted by molar-refractivity contribution is 0.0963. The number of aliphatic imine (C=N–C) groups is 1. The average molecular weight is 561 g/mol. The minimum atomic E-state index is -0.186. The molecule has 3 N–H and O–H groups in total. The van der Waals surface area contributed by atoms with Crippen molar-refractivity contribution in [2.45, 2.75) is 13.5 Å². The Morgan fingerprint density at radius 2 is 1.67 bits per heavy atom. The molecule has 0 radical (unpaired) electrons. The van der Waals surface area contributed by atoms with Crippen LogP contribution in [-0.4, -0.2) is 76.4 Å². The summed E-state index contributed by atoms with van der Waals surface area (Å²) in [5, 5.41) is 14.5. The van der Waals surface area contributed by atoms with Gasteiger partial charge in [-0.25, -0.2) is 4.99 Å². The van der Waals surface area contributed by atoms with Gasteiger partial charge in [0.15, 0.2) is 5.88 Å². The summed E-state index contributed by atoms with van der Waals surface area (Å²) in [6, 6.07) is 27.9. The Morgan fingerprint density at radius 3 is 2.38 bits per heavy atom. The molecule has 3 aromatic carbocycles. The molecule has 42 heavy (non-hydrogen) atoms. The molecule has 5 aromatic rings. The van der Waals surface area contributed by atoms with Crippen LogP contribution in [0, 0.1) is 6.92 Å². The van der Waals surface area contributed by atoms with Crippen LogP contribution in [0.15, 0.2) is 89.9 Å². The lowest BCUT2D eigenvalue weighted by Crippen LogP contribution is -2.44. The third-order valence-electron chi connectivity index (χ3n) is 8.04. The van der Waals surface area contributed by atoms with Gasteiger partial charge in [0.05, 0.1) is 17.0 Å². The molecule has 8 nitrogen and oxygen atoms in total. The standard InChI is InChI=1S/C34H36N6O2/c1-23-9-13-28(22-39-19-17-38(3)18-20-39)40(23)27-14-11-26(12-15-27)36-32(24-7-5-4-6-8-24)31-29-16-10-25(33(41)35-2)21-30(29)37-34(31)42/h4-16,21,37,42H,17-20,22H2,1-3H3,(H,35,41). The van der Waals surface area contributed by atoms with E-state index in [2.05, 4.69) is 62.9 Å². The van der Waals surface area contributed by atoms with Crippen molar-refractivity contribution in [3.05, 3.63) is 113 Å². The second-order valence-electron chi connectivity index (χ2n) is 10.9. The number of carbonyl (C=O) groups is 1. The Balaban J connectivity index is 1.36. The van der Waals surface area contributed by atoms with Crippen molar-refractivity contribution in [2.75, 3.05) is 40.3 Å². The van der Waals surface area contributed by atoms with Crippen LogP contribution in [0.5, 0.6) is 5.88 Å². The molecule has 1 amide bonds. The summed E-state index contributed by atoms with van der Waals surface area (Å²) in [5.74, 6) is -0.177. The summed E-state index contributed by atoms with van der Waals surface area (Å²) in [7, 11) is 3.78. The van der Waals surface area contributed by atoms with Crippen molar-refractivity contribution >= 4 is 28.2 Å². The highest BCUT2D eigenvalue weighted by molar-refractivity contribution is 6.22. The van der Waals surface area contributed by atoms with Crippen molar-refractivity contribution in [2.24, 2.45) is 4.99 Å². The molecule has 1 fully saturated rings. The number of hydrogen-bond donors (Lipinski definition) is 3. The van der Waals surface area contributed by atoms with Gasteiger partial charge in [0, 0.05) is 78.9 Å². The van der Waals surface area contributed by atoms with Gasteiger partial charge in [-0.15, -0.1) is 0 Å². The minimum Gasteiger partial charge on any atom is -0.494 e. The molecule has 2 aromatic heterocycles. The van der Waals surface area contributed by atoms with Crippen LogP contribution in [-0.2, 0) is 6.54 Å². The number of piperazine rings is 1. The molecule has 0 bridgehead atoms. The van der Waals surface area contributed by atoms with E-state index in [0.29, 0.717) is 22.4 Å². The molecule has 0 saturated carbocycles. The summed E-state index contributed by atoms with van der Waals surface area (Å²) >= 11 is 0. The molecule has 0 spiro atoms. The van der Waals surface area contributed by atoms with Gasteiger partial charge in [-0.1, -0.05) is 36.4 Å². The first-order chi connectivity index (χ1) is 20.4. The van der Waals surface area contributed by atoms with Crippen LogP contribution in [0.2, 0.25) is 0 Å². The predicted octanol–water partition coefficient (Wildman–Crippen LogP) is 5.25. The number of rotatable bonds is 7. The molecule has 0 unspecified atom stereocenters.